The van der Waals surface area contributed by atoms with Crippen molar-refractivity contribution in [1.82, 2.24) is 0 Å². The Bertz CT molecular complexity index is 295. The zero-order valence-electron chi connectivity index (χ0n) is 10.8. The van der Waals surface area contributed by atoms with E-state index in [0.717, 1.165) is 12.8 Å². The van der Waals surface area contributed by atoms with Crippen LogP contribution in [0.4, 0.5) is 0 Å². The molecule has 0 nitrogen and oxygen atoms in total. The van der Waals surface area contributed by atoms with E-state index in [1.165, 1.54) is 0 Å². The second kappa shape index (κ2) is 13.1. The van der Waals surface area contributed by atoms with Gasteiger partial charge in [-0.25, -0.2) is 24.3 Å². The van der Waals surface area contributed by atoms with Crippen LogP contribution >= 0.6 is 0 Å². The molecule has 0 saturated carbocycles. The molecule has 0 fully saturated rings. The molecule has 1 aromatic carbocycles. The summed E-state index contributed by atoms with van der Waals surface area (Å²) in [5.74, 6) is 0. The second-order valence-corrected chi connectivity index (χ2v) is 3.08. The van der Waals surface area contributed by atoms with Gasteiger partial charge in [-0.2, -0.15) is 48.6 Å². The van der Waals surface area contributed by atoms with Crippen molar-refractivity contribution in [3.63, 3.8) is 0 Å². The van der Waals surface area contributed by atoms with Crippen LogP contribution in [0.15, 0.2) is 66.8 Å². The fraction of sp³-hybridized carbons (Fsp3) is 0.125. The summed E-state index contributed by atoms with van der Waals surface area (Å²) in [6, 6.07) is 12.5. The van der Waals surface area contributed by atoms with Crippen LogP contribution in [0.3, 0.4) is 0 Å². The number of rotatable bonds is 0. The van der Waals surface area contributed by atoms with E-state index in [-0.39, 0.29) is 27.3 Å². The predicted molar refractivity (Wildman–Crippen MR) is 69.5 cm³/mol. The molecule has 88 valence electrons. The largest absolute Gasteiger partial charge is 1.00 e. The van der Waals surface area contributed by atoms with Gasteiger partial charge in [0.25, 0.3) is 0 Å². The van der Waals surface area contributed by atoms with Crippen molar-refractivity contribution in [2.75, 3.05) is 0 Å². The summed E-state index contributed by atoms with van der Waals surface area (Å²) >= 11 is 0. The minimum Gasteiger partial charge on any atom is -1.00 e. The van der Waals surface area contributed by atoms with Crippen LogP contribution in [0.2, 0.25) is 0 Å². The molecule has 0 aromatic heterocycles. The van der Waals surface area contributed by atoms with Gasteiger partial charge in [-0.15, -0.1) is 12.8 Å². The maximum atomic E-state index is 2.99. The second-order valence-electron chi connectivity index (χ2n) is 3.08. The van der Waals surface area contributed by atoms with E-state index < -0.39 is 0 Å². The molecule has 17 heavy (non-hydrogen) atoms. The molecule has 1 aromatic rings. The molecular weight excluding hydrogens is 371 g/mol. The van der Waals surface area contributed by atoms with Gasteiger partial charge in [-0.05, 0) is 0 Å². The maximum Gasteiger partial charge on any atom is 0 e. The van der Waals surface area contributed by atoms with Crippen molar-refractivity contribution in [3.8, 4) is 0 Å². The number of hydrogen-bond acceptors (Lipinski definition) is 0. The van der Waals surface area contributed by atoms with Crippen molar-refractivity contribution in [2.24, 2.45) is 0 Å². The molecule has 0 amide bonds. The Morgan fingerprint density at radius 1 is 0.765 bits per heavy atom. The van der Waals surface area contributed by atoms with Crippen LogP contribution in [0, 0.1) is 18.2 Å². The van der Waals surface area contributed by atoms with Crippen LogP contribution in [-0.2, 0) is 25.8 Å². The van der Waals surface area contributed by atoms with E-state index in [0.29, 0.717) is 0 Å². The Balaban J connectivity index is 0. The van der Waals surface area contributed by atoms with Crippen LogP contribution in [0.25, 0.3) is 0 Å². The normalized spacial score (nSPS) is 13.2. The molecule has 0 aliphatic heterocycles. The molecule has 0 radical (unpaired) electrons. The molecule has 2 aliphatic rings. The molecule has 0 N–H and O–H groups in total. The molecule has 0 unspecified atom stereocenters. The summed E-state index contributed by atoms with van der Waals surface area (Å²) in [4.78, 5) is 0. The van der Waals surface area contributed by atoms with E-state index in [2.05, 4.69) is 30.4 Å². The third kappa shape index (κ3) is 11.3. The fourth-order valence-electron chi connectivity index (χ4n) is 1.02. The van der Waals surface area contributed by atoms with Crippen molar-refractivity contribution in [3.05, 3.63) is 85.0 Å². The summed E-state index contributed by atoms with van der Waals surface area (Å²) in [6.07, 6.45) is 20.0. The Morgan fingerprint density at radius 2 is 1.29 bits per heavy atom. The summed E-state index contributed by atoms with van der Waals surface area (Å²) in [5.41, 5.74) is 0. The molecule has 0 heterocycles. The van der Waals surface area contributed by atoms with Gasteiger partial charge in [0.2, 0.25) is 0 Å². The van der Waals surface area contributed by atoms with Gasteiger partial charge in [0.1, 0.15) is 0 Å². The molecule has 0 spiro atoms. The first kappa shape index (κ1) is 16.1. The van der Waals surface area contributed by atoms with Crippen LogP contribution in [0.5, 0.6) is 0 Å². The zero-order valence-corrected chi connectivity index (χ0v) is 13.4. The Kier molecular flexibility index (Phi) is 12.4. The Morgan fingerprint density at radius 3 is 1.41 bits per heavy atom. The monoisotopic (exact) mass is 388 g/mol. The van der Waals surface area contributed by atoms with Crippen LogP contribution in [0.1, 0.15) is 14.3 Å². The third-order valence-electron chi connectivity index (χ3n) is 1.78. The summed E-state index contributed by atoms with van der Waals surface area (Å²) in [5, 5.41) is 0. The van der Waals surface area contributed by atoms with Crippen LogP contribution < -0.4 is 0 Å². The van der Waals surface area contributed by atoms with E-state index in [9.17, 15) is 0 Å². The van der Waals surface area contributed by atoms with Gasteiger partial charge in [-0.1, -0.05) is 0 Å². The fourth-order valence-corrected chi connectivity index (χ4v) is 1.02. The predicted octanol–water partition coefficient (Wildman–Crippen LogP) is 4.21. The first-order chi connectivity index (χ1) is 8.00. The first-order valence-electron chi connectivity index (χ1n) is 5.34. The van der Waals surface area contributed by atoms with Gasteiger partial charge >= 0.3 is 0 Å². The van der Waals surface area contributed by atoms with E-state index >= 15 is 0 Å². The average molecular weight is 387 g/mol. The van der Waals surface area contributed by atoms with Crippen LogP contribution in [-0.4, -0.2) is 0 Å². The average Bonchev–Trinajstić information content (AvgIpc) is 3.10. The van der Waals surface area contributed by atoms with Gasteiger partial charge in [-0.3, -0.25) is 12.2 Å². The standard InChI is InChI=1S/C6H5.2C5H5.Hf.H/c1-2-4-6-5-3-1;2*1-2-4-5-3-1;;/h1-5H;2*1-3H,4H2;;/q3*-1;;-1. The number of benzene rings is 1. The first-order valence-corrected chi connectivity index (χ1v) is 5.34. The van der Waals surface area contributed by atoms with Crippen molar-refractivity contribution in [2.45, 2.75) is 12.8 Å². The molecule has 0 bridgehead atoms. The molecule has 0 saturated heterocycles. The quantitative estimate of drug-likeness (QED) is 0.463. The molecular formula is C16H16Hf-4. The third-order valence-corrected chi connectivity index (χ3v) is 1.78. The van der Waals surface area contributed by atoms with E-state index in [1.54, 1.807) is 0 Å². The smallest absolute Gasteiger partial charge is 0 e. The minimum absolute atomic E-state index is 0. The summed E-state index contributed by atoms with van der Waals surface area (Å²) in [7, 11) is 0. The topological polar surface area (TPSA) is 0 Å². The van der Waals surface area contributed by atoms with Gasteiger partial charge in [0, 0.05) is 25.8 Å². The van der Waals surface area contributed by atoms with Gasteiger partial charge < -0.3 is 1.43 Å². The van der Waals surface area contributed by atoms with E-state index in [1.807, 2.05) is 54.6 Å². The van der Waals surface area contributed by atoms with Gasteiger partial charge in [0.15, 0.2) is 0 Å². The molecule has 1 heteroatoms. The molecule has 0 atom stereocenters. The van der Waals surface area contributed by atoms with Crippen molar-refractivity contribution >= 4 is 0 Å². The molecule has 3 rings (SSSR count). The zero-order chi connectivity index (χ0) is 11.3. The number of hydrogen-bond donors (Lipinski definition) is 0. The molecule has 2 aliphatic carbocycles. The van der Waals surface area contributed by atoms with Crippen molar-refractivity contribution in [1.29, 1.82) is 0 Å². The van der Waals surface area contributed by atoms with Gasteiger partial charge in [0.05, 0.1) is 0 Å². The van der Waals surface area contributed by atoms with E-state index in [4.69, 9.17) is 0 Å². The summed E-state index contributed by atoms with van der Waals surface area (Å²) in [6.45, 7) is 0. The summed E-state index contributed by atoms with van der Waals surface area (Å²) < 4.78 is 0. The minimum atomic E-state index is 0. The SMILES string of the molecule is [C-]1=CC=CC1.[C-]1=CC=CC1.[H-].[Hf].[c-]1ccccc1. The maximum absolute atomic E-state index is 2.99. The van der Waals surface area contributed by atoms with Crippen molar-refractivity contribution < 1.29 is 27.3 Å². The number of allylic oxidation sites excluding steroid dienone is 8. The Labute approximate surface area is 125 Å². The Hall–Kier alpha value is -0.950.